The number of nitrogens with two attached hydrogens (primary N) is 1. The molecule has 0 atom stereocenters. The van der Waals surface area contributed by atoms with Crippen molar-refractivity contribution in [2.45, 2.75) is 23.3 Å². The first-order valence-electron chi connectivity index (χ1n) is 9.59. The van der Waals surface area contributed by atoms with Crippen LogP contribution in [-0.2, 0) is 15.7 Å². The molecule has 4 nitrogen and oxygen atoms in total. The number of aryl methyl sites for hydroxylation is 1. The number of halogens is 2. The second-order valence-electron chi connectivity index (χ2n) is 7.37. The van der Waals surface area contributed by atoms with Gasteiger partial charge < -0.3 is 0 Å². The summed E-state index contributed by atoms with van der Waals surface area (Å²) in [7, 11) is -3.92. The van der Waals surface area contributed by atoms with E-state index in [0.717, 1.165) is 22.0 Å². The normalized spacial score (nSPS) is 13.0. The van der Waals surface area contributed by atoms with Gasteiger partial charge in [0.25, 0.3) is 0 Å². The predicted octanol–water partition coefficient (Wildman–Crippen LogP) is 5.45. The van der Waals surface area contributed by atoms with Crippen molar-refractivity contribution in [2.75, 3.05) is 6.26 Å². The van der Waals surface area contributed by atoms with Gasteiger partial charge in [-0.05, 0) is 54.4 Å². The smallest absolute Gasteiger partial charge is 0.159 e. The van der Waals surface area contributed by atoms with E-state index in [1.54, 1.807) is 42.6 Å². The molecular weight excluding hydrogens is 436 g/mol. The minimum absolute atomic E-state index is 0.253. The van der Waals surface area contributed by atoms with Gasteiger partial charge in [-0.2, -0.15) is 0 Å². The molecule has 0 aliphatic rings. The van der Waals surface area contributed by atoms with E-state index in [1.807, 2.05) is 13.0 Å². The zero-order valence-electron chi connectivity index (χ0n) is 17.0. The SMILES string of the molecule is CCc1nc(-c2ccc(F)c(F)c2)c(-c2ccnc(S(C)(N)(=O)c3ccccc3)c2)s1. The lowest BCUT2D eigenvalue weighted by atomic mass is 10.1. The molecule has 0 bridgehead atoms. The molecule has 4 aromatic rings. The van der Waals surface area contributed by atoms with E-state index in [0.29, 0.717) is 28.1 Å². The summed E-state index contributed by atoms with van der Waals surface area (Å²) in [4.78, 5) is 10.2. The molecule has 0 amide bonds. The minimum Gasteiger partial charge on any atom is -0.263 e. The van der Waals surface area contributed by atoms with Crippen molar-refractivity contribution in [3.05, 3.63) is 83.5 Å². The fourth-order valence-corrected chi connectivity index (χ4v) is 6.10. The van der Waals surface area contributed by atoms with Crippen molar-refractivity contribution in [1.82, 2.24) is 9.97 Å². The van der Waals surface area contributed by atoms with Gasteiger partial charge in [-0.25, -0.2) is 18.7 Å². The van der Waals surface area contributed by atoms with E-state index in [1.165, 1.54) is 23.7 Å². The quantitative estimate of drug-likeness (QED) is 0.433. The number of benzene rings is 2. The number of pyridine rings is 1. The van der Waals surface area contributed by atoms with Gasteiger partial charge in [-0.15, -0.1) is 11.3 Å². The van der Waals surface area contributed by atoms with Crippen molar-refractivity contribution in [2.24, 2.45) is 5.14 Å². The molecule has 0 saturated heterocycles. The van der Waals surface area contributed by atoms with Crippen LogP contribution in [0.15, 0.2) is 76.8 Å². The van der Waals surface area contributed by atoms with Crippen molar-refractivity contribution < 1.29 is 13.0 Å². The third kappa shape index (κ3) is 3.94. The number of nitrogens with zero attached hydrogens (tertiary/aromatic N) is 2. The van der Waals surface area contributed by atoms with Gasteiger partial charge in [0.1, 0.15) is 5.03 Å². The third-order valence-corrected chi connectivity index (χ3v) is 8.97. The average Bonchev–Trinajstić information content (AvgIpc) is 3.21. The van der Waals surface area contributed by atoms with Crippen LogP contribution in [0.4, 0.5) is 8.78 Å². The van der Waals surface area contributed by atoms with Crippen molar-refractivity contribution in [1.29, 1.82) is 0 Å². The zero-order valence-corrected chi connectivity index (χ0v) is 18.6. The molecule has 0 unspecified atom stereocenters. The molecule has 2 aromatic heterocycles. The van der Waals surface area contributed by atoms with E-state index in [9.17, 15) is 13.0 Å². The van der Waals surface area contributed by atoms with Gasteiger partial charge in [0.05, 0.1) is 15.6 Å². The number of thiazole rings is 1. The van der Waals surface area contributed by atoms with Crippen LogP contribution >= 0.6 is 11.3 Å². The van der Waals surface area contributed by atoms with Crippen LogP contribution in [0.1, 0.15) is 11.9 Å². The fraction of sp³-hybridized carbons (Fsp3) is 0.130. The molecular formula is C23H21F2N3OS2. The second-order valence-corrected chi connectivity index (χ2v) is 12.2. The van der Waals surface area contributed by atoms with Crippen LogP contribution in [0, 0.1) is 11.6 Å². The number of aromatic nitrogens is 2. The molecule has 4 rings (SSSR count). The number of rotatable bonds is 5. The predicted molar refractivity (Wildman–Crippen MR) is 121 cm³/mol. The summed E-state index contributed by atoms with van der Waals surface area (Å²) in [5.74, 6) is -1.85. The van der Waals surface area contributed by atoms with Crippen LogP contribution in [-0.4, -0.2) is 20.4 Å². The largest absolute Gasteiger partial charge is 0.263 e. The second kappa shape index (κ2) is 7.71. The lowest BCUT2D eigenvalue weighted by Crippen LogP contribution is -2.42. The summed E-state index contributed by atoms with van der Waals surface area (Å²) in [6.45, 7) is 1.97. The highest BCUT2D eigenvalue weighted by Crippen LogP contribution is 2.40. The van der Waals surface area contributed by atoms with Crippen molar-refractivity contribution in [3.8, 4) is 21.7 Å². The van der Waals surface area contributed by atoms with Crippen LogP contribution < -0.4 is 5.14 Å². The maximum atomic E-state index is 13.9. The molecule has 0 spiro atoms. The van der Waals surface area contributed by atoms with Crippen LogP contribution in [0.5, 0.6) is 0 Å². The van der Waals surface area contributed by atoms with E-state index < -0.39 is 20.9 Å². The Kier molecular flexibility index (Phi) is 5.33. The third-order valence-electron chi connectivity index (χ3n) is 5.01. The first kappa shape index (κ1) is 21.4. The molecule has 160 valence electrons. The van der Waals surface area contributed by atoms with Gasteiger partial charge in [0.2, 0.25) is 0 Å². The highest BCUT2D eigenvalue weighted by atomic mass is 32.3. The summed E-state index contributed by atoms with van der Waals surface area (Å²) in [5, 5.41) is 7.55. The van der Waals surface area contributed by atoms with Gasteiger partial charge >= 0.3 is 0 Å². The van der Waals surface area contributed by atoms with Gasteiger partial charge in [0, 0.05) is 32.2 Å². The lowest BCUT2D eigenvalue weighted by molar-refractivity contribution is 0.509. The minimum atomic E-state index is -3.92. The van der Waals surface area contributed by atoms with Crippen LogP contribution in [0.25, 0.3) is 21.7 Å². The highest BCUT2D eigenvalue weighted by Gasteiger charge is 2.33. The van der Waals surface area contributed by atoms with E-state index in [2.05, 4.69) is 9.97 Å². The number of hydrogen-bond donors (Lipinski definition) is 1. The first-order valence-corrected chi connectivity index (χ1v) is 12.8. The molecule has 0 radical (unpaired) electrons. The van der Waals surface area contributed by atoms with E-state index in [-0.39, 0.29) is 5.03 Å². The Hall–Kier alpha value is -2.81. The molecule has 31 heavy (non-hydrogen) atoms. The maximum absolute atomic E-state index is 13.9. The average molecular weight is 458 g/mol. The molecule has 0 fully saturated rings. The first-order chi connectivity index (χ1) is 14.7. The molecule has 2 heterocycles. The Balaban J connectivity index is 1.88. The van der Waals surface area contributed by atoms with Crippen LogP contribution in [0.2, 0.25) is 0 Å². The monoisotopic (exact) mass is 457 g/mol. The zero-order chi connectivity index (χ0) is 22.2. The molecule has 0 aliphatic heterocycles. The maximum Gasteiger partial charge on any atom is 0.159 e. The highest BCUT2D eigenvalue weighted by molar-refractivity contribution is 8.17. The summed E-state index contributed by atoms with van der Waals surface area (Å²) in [6, 6.07) is 16.0. The summed E-state index contributed by atoms with van der Waals surface area (Å²) < 4.78 is 41.2. The Bertz CT molecular complexity index is 1330. The van der Waals surface area contributed by atoms with Gasteiger partial charge in [0.15, 0.2) is 11.6 Å². The van der Waals surface area contributed by atoms with E-state index in [4.69, 9.17) is 5.14 Å². The van der Waals surface area contributed by atoms with Gasteiger partial charge in [-0.1, -0.05) is 25.1 Å². The lowest BCUT2D eigenvalue weighted by Gasteiger charge is -2.33. The van der Waals surface area contributed by atoms with Crippen molar-refractivity contribution in [3.63, 3.8) is 0 Å². The molecule has 8 heteroatoms. The number of hydrogen-bond acceptors (Lipinski definition) is 4. The molecule has 2 N–H and O–H groups in total. The fourth-order valence-electron chi connectivity index (χ4n) is 3.26. The Labute approximate surface area is 183 Å². The Morgan fingerprint density at radius 1 is 1.00 bits per heavy atom. The Morgan fingerprint density at radius 3 is 2.42 bits per heavy atom. The van der Waals surface area contributed by atoms with E-state index >= 15 is 0 Å². The summed E-state index contributed by atoms with van der Waals surface area (Å²) >= 11 is 1.45. The summed E-state index contributed by atoms with van der Waals surface area (Å²) in [5.41, 5.74) is 1.71. The standard InChI is InChI=1S/C23H21F2N3OS2/c1-3-20-28-22(15-9-10-18(24)19(25)13-15)23(30-20)16-11-12-27-21(14-16)31(2,26,29)17-7-5-4-6-8-17/h4-14H,3H2,1-2H3,(H2,26,29). The topological polar surface area (TPSA) is 68.9 Å². The molecule has 0 saturated carbocycles. The molecule has 0 aliphatic carbocycles. The Morgan fingerprint density at radius 2 is 1.74 bits per heavy atom. The summed E-state index contributed by atoms with van der Waals surface area (Å²) in [6.07, 6.45) is 3.74. The van der Waals surface area contributed by atoms with Crippen LogP contribution in [0.3, 0.4) is 0 Å². The van der Waals surface area contributed by atoms with Crippen molar-refractivity contribution >= 4 is 20.6 Å². The van der Waals surface area contributed by atoms with Gasteiger partial charge in [-0.3, -0.25) is 9.35 Å². The molecule has 2 aromatic carbocycles.